The van der Waals surface area contributed by atoms with Gasteiger partial charge < -0.3 is 14.6 Å². The van der Waals surface area contributed by atoms with Crippen molar-refractivity contribution in [3.63, 3.8) is 0 Å². The molecule has 0 unspecified atom stereocenters. The van der Waals surface area contributed by atoms with Crippen molar-refractivity contribution < 1.29 is 61.3 Å². The number of carboxylic acids is 1. The molecule has 0 atom stereocenters. The zero-order chi connectivity index (χ0) is 12.1. The summed E-state index contributed by atoms with van der Waals surface area (Å²) < 4.78 is 1.48. The molecule has 0 aliphatic rings. The van der Waals surface area contributed by atoms with Crippen LogP contribution in [0.2, 0.25) is 0 Å². The molecule has 0 amide bonds. The van der Waals surface area contributed by atoms with Crippen LogP contribution in [0.1, 0.15) is 26.7 Å². The van der Waals surface area contributed by atoms with Gasteiger partial charge in [-0.3, -0.25) is 5.10 Å². The largest absolute Gasteiger partial charge is 1.00 e. The molecule has 0 aliphatic carbocycles. The Kier molecular flexibility index (Phi) is 8.07. The van der Waals surface area contributed by atoms with E-state index >= 15 is 0 Å². The second-order valence-electron chi connectivity index (χ2n) is 3.55. The minimum atomic E-state index is -1.01. The van der Waals surface area contributed by atoms with Crippen LogP contribution in [-0.4, -0.2) is 20.9 Å². The molecule has 4 nitrogen and oxygen atoms in total. The summed E-state index contributed by atoms with van der Waals surface area (Å²) in [5.74, 6) is -0.870. The second kappa shape index (κ2) is 8.10. The first kappa shape index (κ1) is 16.9. The molecule has 0 radical (unpaired) electrons. The van der Waals surface area contributed by atoms with E-state index in [0.29, 0.717) is 5.70 Å². The average Bonchev–Trinajstić information content (AvgIpc) is 2.77. The minimum Gasteiger partial charge on any atom is -0.535 e. The zero-order valence-corrected chi connectivity index (χ0v) is 13.7. The second-order valence-corrected chi connectivity index (χ2v) is 3.55. The molecule has 5 heteroatoms. The van der Waals surface area contributed by atoms with Crippen molar-refractivity contribution in [3.8, 4) is 0 Å². The Balaban J connectivity index is 0.00000256. The normalized spacial score (nSPS) is 11.9. The molecule has 17 heavy (non-hydrogen) atoms. The molecule has 1 rings (SSSR count). The number of rotatable bonds is 5. The average molecular weight is 259 g/mol. The minimum absolute atomic E-state index is 0. The van der Waals surface area contributed by atoms with E-state index in [1.54, 1.807) is 12.3 Å². The van der Waals surface area contributed by atoms with E-state index in [1.165, 1.54) is 4.68 Å². The Morgan fingerprint density at radius 3 is 2.47 bits per heavy atom. The maximum absolute atomic E-state index is 11.0. The molecule has 88 valence electrons. The maximum atomic E-state index is 11.0. The van der Waals surface area contributed by atoms with Crippen LogP contribution in [0.3, 0.4) is 0 Å². The number of carbonyl (C=O) groups is 1. The standard InChI is InChI=1S/C12H16N2O2.K/c1-4-10(5-2)11(9(3)12(15)16)14-8-6-7-13-14;/h6-7,10H,3-5H2,1-2H3,(H,15,16);/q-2;+1/b11-9+;. The van der Waals surface area contributed by atoms with Crippen molar-refractivity contribution in [2.24, 2.45) is 5.92 Å². The summed E-state index contributed by atoms with van der Waals surface area (Å²) in [6, 6.07) is 1.65. The number of aromatic nitrogens is 2. The monoisotopic (exact) mass is 259 g/mol. The molecular weight excluding hydrogens is 243 g/mol. The first-order valence-electron chi connectivity index (χ1n) is 5.33. The van der Waals surface area contributed by atoms with Gasteiger partial charge in [-0.15, -0.1) is 6.07 Å². The van der Waals surface area contributed by atoms with Crippen LogP contribution in [0.25, 0.3) is 5.70 Å². The van der Waals surface area contributed by atoms with Crippen molar-refractivity contribution in [2.45, 2.75) is 26.7 Å². The summed E-state index contributed by atoms with van der Waals surface area (Å²) >= 11 is 0. The molecule has 0 aromatic carbocycles. The van der Waals surface area contributed by atoms with Crippen LogP contribution in [0.4, 0.5) is 0 Å². The predicted molar refractivity (Wildman–Crippen MR) is 61.3 cm³/mol. The molecule has 1 heterocycles. The molecular formula is C12H16KN2O2-. The molecule has 0 saturated heterocycles. The van der Waals surface area contributed by atoms with Gasteiger partial charge in [-0.05, 0) is 5.92 Å². The van der Waals surface area contributed by atoms with E-state index in [2.05, 4.69) is 18.2 Å². The van der Waals surface area contributed by atoms with Gasteiger partial charge in [0.2, 0.25) is 5.97 Å². The SMILES string of the molecule is [CH2-]/C(C(=O)O)=C(/C(CC)CC)n1[c-]ccn1.[K+]. The van der Waals surface area contributed by atoms with E-state index in [1.807, 2.05) is 13.8 Å². The van der Waals surface area contributed by atoms with Gasteiger partial charge in [0.1, 0.15) is 0 Å². The molecule has 1 N–H and O–H groups in total. The van der Waals surface area contributed by atoms with Crippen molar-refractivity contribution in [3.05, 3.63) is 31.0 Å². The topological polar surface area (TPSA) is 55.1 Å². The Morgan fingerprint density at radius 2 is 2.12 bits per heavy atom. The smallest absolute Gasteiger partial charge is 0.535 e. The van der Waals surface area contributed by atoms with Gasteiger partial charge in [-0.2, -0.15) is 6.92 Å². The van der Waals surface area contributed by atoms with Crippen LogP contribution in [-0.2, 0) is 4.79 Å². The van der Waals surface area contributed by atoms with Gasteiger partial charge in [0.05, 0.1) is 0 Å². The summed E-state index contributed by atoms with van der Waals surface area (Å²) in [7, 11) is 0. The van der Waals surface area contributed by atoms with Crippen molar-refractivity contribution in [1.29, 1.82) is 0 Å². The summed E-state index contributed by atoms with van der Waals surface area (Å²) in [4.78, 5) is 11.0. The molecule has 0 spiro atoms. The van der Waals surface area contributed by atoms with Gasteiger partial charge in [-0.1, -0.05) is 50.4 Å². The van der Waals surface area contributed by atoms with Crippen LogP contribution < -0.4 is 51.4 Å². The van der Waals surface area contributed by atoms with Crippen LogP contribution in [0.15, 0.2) is 17.8 Å². The molecule has 1 aromatic heterocycles. The van der Waals surface area contributed by atoms with Crippen molar-refractivity contribution in [2.75, 3.05) is 0 Å². The van der Waals surface area contributed by atoms with Crippen LogP contribution >= 0.6 is 0 Å². The molecule has 0 saturated carbocycles. The van der Waals surface area contributed by atoms with Gasteiger partial charge in [0.15, 0.2) is 0 Å². The number of aliphatic carboxylic acids is 1. The Hall–Kier alpha value is -0.0736. The van der Waals surface area contributed by atoms with E-state index in [4.69, 9.17) is 5.11 Å². The quantitative estimate of drug-likeness (QED) is 0.430. The Labute approximate surface area is 145 Å². The zero-order valence-electron chi connectivity index (χ0n) is 10.6. The van der Waals surface area contributed by atoms with Crippen LogP contribution in [0.5, 0.6) is 0 Å². The fourth-order valence-corrected chi connectivity index (χ4v) is 1.70. The van der Waals surface area contributed by atoms with Crippen LogP contribution in [0, 0.1) is 19.0 Å². The Bertz CT molecular complexity index is 381. The van der Waals surface area contributed by atoms with Gasteiger partial charge in [-0.25, -0.2) is 0 Å². The third-order valence-electron chi connectivity index (χ3n) is 2.62. The maximum Gasteiger partial charge on any atom is 1.00 e. The first-order valence-corrected chi connectivity index (χ1v) is 5.33. The third kappa shape index (κ3) is 4.26. The van der Waals surface area contributed by atoms with Gasteiger partial charge in [0.25, 0.3) is 0 Å². The molecule has 0 bridgehead atoms. The summed E-state index contributed by atoms with van der Waals surface area (Å²) in [5.41, 5.74) is 0.719. The summed E-state index contributed by atoms with van der Waals surface area (Å²) in [6.45, 7) is 7.65. The Morgan fingerprint density at radius 1 is 1.53 bits per heavy atom. The fraction of sp³-hybridized carbons (Fsp3) is 0.417. The number of hydrogen-bond donors (Lipinski definition) is 1. The molecule has 0 aliphatic heterocycles. The van der Waals surface area contributed by atoms with Gasteiger partial charge in [0, 0.05) is 0 Å². The number of allylic oxidation sites excluding steroid dienone is 1. The first-order chi connectivity index (χ1) is 7.61. The fourth-order valence-electron chi connectivity index (χ4n) is 1.70. The van der Waals surface area contributed by atoms with Crippen molar-refractivity contribution >= 4 is 11.7 Å². The van der Waals surface area contributed by atoms with Gasteiger partial charge >= 0.3 is 51.4 Å². The molecule has 1 aromatic rings. The number of carboxylic acid groups (broad SMARTS) is 1. The summed E-state index contributed by atoms with van der Waals surface area (Å²) in [5, 5.41) is 13.1. The van der Waals surface area contributed by atoms with Crippen molar-refractivity contribution in [1.82, 2.24) is 9.78 Å². The summed E-state index contributed by atoms with van der Waals surface area (Å²) in [6.07, 6.45) is 6.15. The van der Waals surface area contributed by atoms with E-state index in [9.17, 15) is 4.79 Å². The number of nitrogens with zero attached hydrogens (tertiary/aromatic N) is 2. The third-order valence-corrected chi connectivity index (χ3v) is 2.62. The molecule has 0 fully saturated rings. The van der Waals surface area contributed by atoms with E-state index < -0.39 is 5.97 Å². The predicted octanol–water partition coefficient (Wildman–Crippen LogP) is -0.747. The number of hydrogen-bond acceptors (Lipinski definition) is 2. The van der Waals surface area contributed by atoms with E-state index in [0.717, 1.165) is 12.8 Å². The van der Waals surface area contributed by atoms with E-state index in [-0.39, 0.29) is 62.9 Å².